The van der Waals surface area contributed by atoms with Crippen LogP contribution in [0.15, 0.2) is 0 Å². The highest BCUT2D eigenvalue weighted by molar-refractivity contribution is 8.77. The maximum Gasteiger partial charge on any atom is 0.326 e. The number of hydrogen-bond donors (Lipinski definition) is 7. The molecule has 0 bridgehead atoms. The fourth-order valence-corrected chi connectivity index (χ4v) is 7.05. The third-order valence-corrected chi connectivity index (χ3v) is 11.2. The summed E-state index contributed by atoms with van der Waals surface area (Å²) in [6, 6.07) is -2.81. The Morgan fingerprint density at radius 1 is 0.588 bits per heavy atom. The molecule has 0 aliphatic carbocycles. The summed E-state index contributed by atoms with van der Waals surface area (Å²) >= 11 is 4.07. The highest BCUT2D eigenvalue weighted by Crippen LogP contribution is 2.36. The van der Waals surface area contributed by atoms with Gasteiger partial charge in [-0.25, -0.2) is 9.59 Å². The van der Waals surface area contributed by atoms with E-state index in [0.717, 1.165) is 44.3 Å². The Morgan fingerprint density at radius 3 is 1.25 bits per heavy atom. The number of nitrogens with one attached hydrogen (secondary N) is 2. The molecule has 17 heteroatoms. The van der Waals surface area contributed by atoms with Crippen molar-refractivity contribution in [1.29, 1.82) is 0 Å². The lowest BCUT2D eigenvalue weighted by Crippen LogP contribution is -2.42. The van der Waals surface area contributed by atoms with E-state index < -0.39 is 60.6 Å². The van der Waals surface area contributed by atoms with Crippen molar-refractivity contribution in [3.8, 4) is 0 Å². The lowest BCUT2D eigenvalue weighted by Gasteiger charge is -2.17. The summed E-state index contributed by atoms with van der Waals surface area (Å²) in [5.41, 5.74) is 0. The summed E-state index contributed by atoms with van der Waals surface area (Å²) in [6.07, 6.45) is 5.89. The van der Waals surface area contributed by atoms with Crippen LogP contribution in [0.3, 0.4) is 0 Å². The van der Waals surface area contributed by atoms with Gasteiger partial charge >= 0.3 is 23.9 Å². The number of thiol groups is 1. The molecule has 14 nitrogen and oxygen atoms in total. The topological polar surface area (TPSA) is 242 Å². The van der Waals surface area contributed by atoms with Gasteiger partial charge in [-0.3, -0.25) is 28.8 Å². The van der Waals surface area contributed by atoms with Gasteiger partial charge in [0.25, 0.3) is 0 Å². The van der Waals surface area contributed by atoms with Crippen LogP contribution in [0.2, 0.25) is 0 Å². The highest BCUT2D eigenvalue weighted by Gasteiger charge is 2.24. The lowest BCUT2D eigenvalue weighted by atomic mass is 10.0. The van der Waals surface area contributed by atoms with E-state index in [1.54, 1.807) is 21.6 Å². The number of unbranched alkanes of at least 4 members (excludes halogenated alkanes) is 6. The standard InChI is InChI=1S/C19H33NO6S2.C15H25NO6S/c1-13(12-27-28-19(2,3)4)15(21)9-7-5-6-8-10-16(22)20-14(18(25)26)11-17(23)24;1-10(9-23)12(17)6-4-2-3-5-7-13(18)16-11(15(21)22)8-14(19)20/h13-14H,5-12H2,1-4H3,(H,20,22)(H,23,24)(H,25,26);10-11,23H,2-9H2,1H3,(H,16,18)(H,19,20)(H,21,22). The molecule has 0 radical (unpaired) electrons. The van der Waals surface area contributed by atoms with E-state index in [1.807, 2.05) is 13.8 Å². The van der Waals surface area contributed by atoms with Crippen LogP contribution >= 0.6 is 34.2 Å². The fraction of sp³-hybridized carbons (Fsp3) is 0.765. The van der Waals surface area contributed by atoms with E-state index in [4.69, 9.17) is 20.4 Å². The number of rotatable bonds is 28. The molecule has 0 saturated carbocycles. The number of Topliss-reactive ketones (excluding diaryl/α,β-unsaturated/α-hetero) is 2. The number of carbonyl (C=O) groups is 8. The van der Waals surface area contributed by atoms with Gasteiger partial charge in [0.05, 0.1) is 12.8 Å². The van der Waals surface area contributed by atoms with Gasteiger partial charge in [-0.15, -0.1) is 0 Å². The Hall–Kier alpha value is -2.79. The fourth-order valence-electron chi connectivity index (χ4n) is 4.16. The molecular formula is C34H58N2O12S3. The van der Waals surface area contributed by atoms with Gasteiger partial charge in [-0.1, -0.05) is 81.9 Å². The van der Waals surface area contributed by atoms with Crippen LogP contribution in [0.1, 0.15) is 125 Å². The molecule has 51 heavy (non-hydrogen) atoms. The maximum atomic E-state index is 12.1. The van der Waals surface area contributed by atoms with Gasteiger partial charge in [0.15, 0.2) is 0 Å². The number of hydrogen-bond acceptors (Lipinski definition) is 11. The molecular weight excluding hydrogens is 725 g/mol. The van der Waals surface area contributed by atoms with Crippen LogP contribution in [0.5, 0.6) is 0 Å². The predicted molar refractivity (Wildman–Crippen MR) is 201 cm³/mol. The van der Waals surface area contributed by atoms with Gasteiger partial charge in [-0.05, 0) is 31.4 Å². The Morgan fingerprint density at radius 2 is 0.941 bits per heavy atom. The van der Waals surface area contributed by atoms with Crippen LogP contribution in [-0.4, -0.2) is 96.0 Å². The van der Waals surface area contributed by atoms with Gasteiger partial charge in [0.1, 0.15) is 23.7 Å². The number of amides is 2. The van der Waals surface area contributed by atoms with Crippen molar-refractivity contribution in [1.82, 2.24) is 10.6 Å². The smallest absolute Gasteiger partial charge is 0.326 e. The van der Waals surface area contributed by atoms with Crippen molar-refractivity contribution in [2.75, 3.05) is 11.5 Å². The van der Waals surface area contributed by atoms with Crippen LogP contribution in [0.4, 0.5) is 0 Å². The van der Waals surface area contributed by atoms with E-state index >= 15 is 0 Å². The summed E-state index contributed by atoms with van der Waals surface area (Å²) in [5.74, 6) is -4.42. The second-order valence-electron chi connectivity index (χ2n) is 13.3. The van der Waals surface area contributed by atoms with Crippen molar-refractivity contribution in [2.45, 2.75) is 141 Å². The first-order valence-corrected chi connectivity index (χ1v) is 20.1. The third-order valence-electron chi connectivity index (χ3n) is 7.18. The zero-order valence-electron chi connectivity index (χ0n) is 30.4. The van der Waals surface area contributed by atoms with E-state index in [-0.39, 0.29) is 41.0 Å². The Labute approximate surface area is 314 Å². The zero-order chi connectivity index (χ0) is 39.6. The average molecular weight is 783 g/mol. The summed E-state index contributed by atoms with van der Waals surface area (Å²) in [6.45, 7) is 10.2. The third kappa shape index (κ3) is 30.5. The molecule has 4 unspecified atom stereocenters. The molecule has 0 spiro atoms. The maximum absolute atomic E-state index is 12.1. The number of carboxylic acid groups (broad SMARTS) is 4. The molecule has 0 aromatic rings. The average Bonchev–Trinajstić information content (AvgIpc) is 3.02. The normalized spacial score (nSPS) is 13.4. The van der Waals surface area contributed by atoms with Crippen molar-refractivity contribution in [3.63, 3.8) is 0 Å². The minimum Gasteiger partial charge on any atom is -0.481 e. The van der Waals surface area contributed by atoms with E-state index in [1.165, 1.54) is 0 Å². The van der Waals surface area contributed by atoms with Crippen LogP contribution in [0.25, 0.3) is 0 Å². The van der Waals surface area contributed by atoms with Crippen molar-refractivity contribution in [3.05, 3.63) is 0 Å². The van der Waals surface area contributed by atoms with Gasteiger partial charge in [0.2, 0.25) is 11.8 Å². The molecule has 2 amide bonds. The molecule has 0 aliphatic rings. The molecule has 294 valence electrons. The molecule has 4 atom stereocenters. The minimum absolute atomic E-state index is 0.0350. The number of aliphatic carboxylic acids is 4. The van der Waals surface area contributed by atoms with Crippen molar-refractivity contribution in [2.24, 2.45) is 11.8 Å². The molecule has 0 saturated heterocycles. The number of carbonyl (C=O) groups excluding carboxylic acids is 4. The van der Waals surface area contributed by atoms with E-state index in [0.29, 0.717) is 31.4 Å². The van der Waals surface area contributed by atoms with E-state index in [9.17, 15) is 38.4 Å². The molecule has 0 heterocycles. The quantitative estimate of drug-likeness (QED) is 0.0304. The molecule has 0 aromatic carbocycles. The van der Waals surface area contributed by atoms with Gasteiger partial charge in [-0.2, -0.15) is 12.6 Å². The van der Waals surface area contributed by atoms with Gasteiger partial charge in [0, 0.05) is 48.0 Å². The molecule has 0 rings (SSSR count). The van der Waals surface area contributed by atoms with Crippen LogP contribution in [-0.2, 0) is 38.4 Å². The van der Waals surface area contributed by atoms with Crippen LogP contribution < -0.4 is 10.6 Å². The highest BCUT2D eigenvalue weighted by atomic mass is 33.1. The summed E-state index contributed by atoms with van der Waals surface area (Å²) in [7, 11) is 3.51. The van der Waals surface area contributed by atoms with Gasteiger partial charge < -0.3 is 31.1 Å². The predicted octanol–water partition coefficient (Wildman–Crippen LogP) is 5.26. The second-order valence-corrected chi connectivity index (χ2v) is 16.9. The first kappa shape index (κ1) is 50.3. The summed E-state index contributed by atoms with van der Waals surface area (Å²) in [5, 5.41) is 39.3. The molecule has 0 aromatic heterocycles. The molecule has 0 aliphatic heterocycles. The first-order valence-electron chi connectivity index (χ1n) is 17.1. The lowest BCUT2D eigenvalue weighted by molar-refractivity contribution is -0.147. The molecule has 0 fully saturated rings. The van der Waals surface area contributed by atoms with Crippen LogP contribution in [0, 0.1) is 11.8 Å². The Balaban J connectivity index is 0. The zero-order valence-corrected chi connectivity index (χ0v) is 33.0. The number of ketones is 2. The number of carboxylic acids is 4. The largest absolute Gasteiger partial charge is 0.481 e. The monoisotopic (exact) mass is 782 g/mol. The van der Waals surface area contributed by atoms with E-state index in [2.05, 4.69) is 44.0 Å². The second kappa shape index (κ2) is 28.8. The molecule has 6 N–H and O–H groups in total. The summed E-state index contributed by atoms with van der Waals surface area (Å²) in [4.78, 5) is 89.8. The van der Waals surface area contributed by atoms with Crippen molar-refractivity contribution >= 4 is 81.5 Å². The minimum atomic E-state index is -1.40. The first-order chi connectivity index (χ1) is 23.7. The Kier molecular flexibility index (Phi) is 28.4. The SMILES string of the molecule is CC(CS)C(=O)CCCCCCC(=O)NC(CC(=O)O)C(=O)O.CC(CSSC(C)(C)C)C(=O)CCCCCCC(=O)NC(CC(=O)O)C(=O)O. The van der Waals surface area contributed by atoms with Crippen molar-refractivity contribution < 1.29 is 58.8 Å². The summed E-state index contributed by atoms with van der Waals surface area (Å²) < 4.78 is 0.178. The Bertz CT molecular complexity index is 1130.